The van der Waals surface area contributed by atoms with E-state index >= 15 is 0 Å². The minimum absolute atomic E-state index is 0.0304. The lowest BCUT2D eigenvalue weighted by Crippen LogP contribution is -2.18. The molecule has 36 heavy (non-hydrogen) atoms. The SMILES string of the molecule is COc1ccc(C2=NN(c3ccccc3)[C@H](c3cn(-c4ccccc4)nc3-c3cccnc3)C2)cc1. The monoisotopic (exact) mass is 471 g/mol. The van der Waals surface area contributed by atoms with Crippen molar-refractivity contribution in [3.63, 3.8) is 0 Å². The summed E-state index contributed by atoms with van der Waals surface area (Å²) in [5, 5.41) is 12.3. The Morgan fingerprint density at radius 1 is 0.778 bits per heavy atom. The second-order valence-electron chi connectivity index (χ2n) is 8.63. The molecule has 0 spiro atoms. The Kier molecular flexibility index (Phi) is 5.75. The summed E-state index contributed by atoms with van der Waals surface area (Å²) in [6.07, 6.45) is 6.53. The molecule has 6 rings (SSSR count). The molecule has 176 valence electrons. The Hall–Kier alpha value is -4.71. The first-order valence-electron chi connectivity index (χ1n) is 11.9. The number of benzene rings is 3. The molecular formula is C30H25N5O. The molecule has 1 aliphatic rings. The van der Waals surface area contributed by atoms with Crippen LogP contribution in [0.5, 0.6) is 5.75 Å². The molecule has 6 heteroatoms. The average molecular weight is 472 g/mol. The van der Waals surface area contributed by atoms with Crippen molar-refractivity contribution in [2.75, 3.05) is 12.1 Å². The zero-order valence-electron chi connectivity index (χ0n) is 19.9. The highest BCUT2D eigenvalue weighted by atomic mass is 16.5. The highest BCUT2D eigenvalue weighted by Crippen LogP contribution is 2.40. The minimum atomic E-state index is -0.0304. The minimum Gasteiger partial charge on any atom is -0.497 e. The van der Waals surface area contributed by atoms with Crippen molar-refractivity contribution in [3.05, 3.63) is 127 Å². The number of rotatable bonds is 6. The summed E-state index contributed by atoms with van der Waals surface area (Å²) in [7, 11) is 1.68. The van der Waals surface area contributed by atoms with Gasteiger partial charge in [0.25, 0.3) is 0 Å². The molecule has 0 N–H and O–H groups in total. The second-order valence-corrected chi connectivity index (χ2v) is 8.63. The van der Waals surface area contributed by atoms with Crippen LogP contribution in [0.25, 0.3) is 16.9 Å². The summed E-state index contributed by atoms with van der Waals surface area (Å²) < 4.78 is 7.31. The van der Waals surface area contributed by atoms with Crippen molar-refractivity contribution in [1.82, 2.24) is 14.8 Å². The standard InChI is InChI=1S/C30H25N5O/c1-36-26-16-14-22(15-17-26)28-19-29(35(32-28)25-12-6-3-7-13-25)27-21-34(24-10-4-2-5-11-24)33-30(27)23-9-8-18-31-20-23/h2-18,20-21,29H,19H2,1H3/t29-/m0/s1. The maximum Gasteiger partial charge on any atom is 0.118 e. The van der Waals surface area contributed by atoms with Crippen molar-refractivity contribution < 1.29 is 4.74 Å². The van der Waals surface area contributed by atoms with Gasteiger partial charge in [-0.2, -0.15) is 10.2 Å². The van der Waals surface area contributed by atoms with Crippen LogP contribution >= 0.6 is 0 Å². The average Bonchev–Trinajstić information content (AvgIpc) is 3.60. The zero-order chi connectivity index (χ0) is 24.3. The summed E-state index contributed by atoms with van der Waals surface area (Å²) in [6, 6.07) is 32.6. The van der Waals surface area contributed by atoms with Gasteiger partial charge in [0.1, 0.15) is 5.75 Å². The third-order valence-electron chi connectivity index (χ3n) is 6.41. The molecule has 1 aliphatic heterocycles. The number of anilines is 1. The molecular weight excluding hydrogens is 446 g/mol. The lowest BCUT2D eigenvalue weighted by atomic mass is 9.96. The van der Waals surface area contributed by atoms with Crippen LogP contribution in [0, 0.1) is 0 Å². The molecule has 3 aromatic carbocycles. The molecule has 2 aromatic heterocycles. The van der Waals surface area contributed by atoms with Gasteiger partial charge in [-0.15, -0.1) is 0 Å². The Bertz CT molecular complexity index is 1480. The third-order valence-corrected chi connectivity index (χ3v) is 6.41. The van der Waals surface area contributed by atoms with E-state index in [0.717, 1.165) is 51.6 Å². The van der Waals surface area contributed by atoms with Crippen LogP contribution in [0.1, 0.15) is 23.6 Å². The fourth-order valence-electron chi connectivity index (χ4n) is 4.60. The maximum absolute atomic E-state index is 5.36. The molecule has 0 unspecified atom stereocenters. The van der Waals surface area contributed by atoms with Gasteiger partial charge in [0.15, 0.2) is 0 Å². The van der Waals surface area contributed by atoms with Crippen LogP contribution < -0.4 is 9.75 Å². The summed E-state index contributed by atoms with van der Waals surface area (Å²) in [4.78, 5) is 4.36. The first-order valence-corrected chi connectivity index (χ1v) is 11.9. The molecule has 5 aromatic rings. The largest absolute Gasteiger partial charge is 0.497 e. The van der Waals surface area contributed by atoms with Crippen LogP contribution in [0.3, 0.4) is 0 Å². The molecule has 0 saturated carbocycles. The maximum atomic E-state index is 5.36. The van der Waals surface area contributed by atoms with Gasteiger partial charge in [0.2, 0.25) is 0 Å². The molecule has 0 radical (unpaired) electrons. The zero-order valence-corrected chi connectivity index (χ0v) is 19.9. The second kappa shape index (κ2) is 9.50. The van der Waals surface area contributed by atoms with Gasteiger partial charge >= 0.3 is 0 Å². The molecule has 0 saturated heterocycles. The summed E-state index contributed by atoms with van der Waals surface area (Å²) in [6.45, 7) is 0. The van der Waals surface area contributed by atoms with Gasteiger partial charge < -0.3 is 4.74 Å². The van der Waals surface area contributed by atoms with Crippen molar-refractivity contribution >= 4 is 11.4 Å². The van der Waals surface area contributed by atoms with Gasteiger partial charge in [0.05, 0.1) is 35.9 Å². The molecule has 6 nitrogen and oxygen atoms in total. The van der Waals surface area contributed by atoms with Crippen LogP contribution in [0.4, 0.5) is 5.69 Å². The number of pyridine rings is 1. The molecule has 0 fully saturated rings. The molecule has 3 heterocycles. The number of hydrogen-bond donors (Lipinski definition) is 0. The van der Waals surface area contributed by atoms with E-state index in [2.05, 4.69) is 58.7 Å². The molecule has 0 amide bonds. The van der Waals surface area contributed by atoms with Crippen molar-refractivity contribution in [2.45, 2.75) is 12.5 Å². The number of nitrogens with zero attached hydrogens (tertiary/aromatic N) is 5. The van der Waals surface area contributed by atoms with E-state index < -0.39 is 0 Å². The van der Waals surface area contributed by atoms with Crippen LogP contribution in [0.15, 0.2) is 121 Å². The number of ether oxygens (including phenoxy) is 1. The van der Waals surface area contributed by atoms with E-state index in [9.17, 15) is 0 Å². The Morgan fingerprint density at radius 2 is 1.50 bits per heavy atom. The van der Waals surface area contributed by atoms with Crippen molar-refractivity contribution in [1.29, 1.82) is 0 Å². The topological polar surface area (TPSA) is 55.5 Å². The normalized spacial score (nSPS) is 15.1. The van der Waals surface area contributed by atoms with Crippen LogP contribution in [0.2, 0.25) is 0 Å². The smallest absolute Gasteiger partial charge is 0.118 e. The fraction of sp³-hybridized carbons (Fsp3) is 0.100. The van der Waals surface area contributed by atoms with E-state index in [0.29, 0.717) is 0 Å². The summed E-state index contributed by atoms with van der Waals surface area (Å²) in [5.41, 5.74) is 7.14. The van der Waals surface area contributed by atoms with E-state index in [-0.39, 0.29) is 6.04 Å². The van der Waals surface area contributed by atoms with Gasteiger partial charge in [-0.25, -0.2) is 4.68 Å². The van der Waals surface area contributed by atoms with Crippen LogP contribution in [-0.4, -0.2) is 27.6 Å². The number of para-hydroxylation sites is 2. The fourth-order valence-corrected chi connectivity index (χ4v) is 4.60. The lowest BCUT2D eigenvalue weighted by molar-refractivity contribution is 0.415. The number of methoxy groups -OCH3 is 1. The highest BCUT2D eigenvalue weighted by molar-refractivity contribution is 6.03. The van der Waals surface area contributed by atoms with Gasteiger partial charge in [0, 0.05) is 36.1 Å². The van der Waals surface area contributed by atoms with Gasteiger partial charge in [-0.3, -0.25) is 9.99 Å². The highest BCUT2D eigenvalue weighted by Gasteiger charge is 2.33. The summed E-state index contributed by atoms with van der Waals surface area (Å²) >= 11 is 0. The Labute approximate surface area is 210 Å². The number of hydrazone groups is 1. The predicted octanol–water partition coefficient (Wildman–Crippen LogP) is 6.30. The van der Waals surface area contributed by atoms with Gasteiger partial charge in [-0.05, 0) is 66.2 Å². The van der Waals surface area contributed by atoms with E-state index in [1.54, 1.807) is 13.3 Å². The predicted molar refractivity (Wildman–Crippen MR) is 143 cm³/mol. The molecule has 0 bridgehead atoms. The van der Waals surface area contributed by atoms with Crippen molar-refractivity contribution in [3.8, 4) is 22.7 Å². The first-order chi connectivity index (χ1) is 17.8. The van der Waals surface area contributed by atoms with E-state index in [4.69, 9.17) is 14.9 Å². The van der Waals surface area contributed by atoms with Gasteiger partial charge in [-0.1, -0.05) is 36.4 Å². The van der Waals surface area contributed by atoms with Crippen LogP contribution in [-0.2, 0) is 0 Å². The van der Waals surface area contributed by atoms with E-state index in [1.807, 2.05) is 65.5 Å². The first kappa shape index (κ1) is 21.8. The Balaban J connectivity index is 1.47. The number of hydrogen-bond acceptors (Lipinski definition) is 5. The number of aromatic nitrogens is 3. The third kappa shape index (κ3) is 4.14. The summed E-state index contributed by atoms with van der Waals surface area (Å²) in [5.74, 6) is 0.830. The van der Waals surface area contributed by atoms with Crippen molar-refractivity contribution in [2.24, 2.45) is 5.10 Å². The quantitative estimate of drug-likeness (QED) is 0.292. The molecule has 1 atom stereocenters. The van der Waals surface area contributed by atoms with E-state index in [1.165, 1.54) is 0 Å². The Morgan fingerprint density at radius 3 is 2.17 bits per heavy atom. The molecule has 0 aliphatic carbocycles. The lowest BCUT2D eigenvalue weighted by Gasteiger charge is -2.23.